The number of hydrogen-bond donors (Lipinski definition) is 1. The number of halogens is 5. The van der Waals surface area contributed by atoms with Crippen molar-refractivity contribution in [1.29, 1.82) is 0 Å². The van der Waals surface area contributed by atoms with Crippen molar-refractivity contribution < 1.29 is 30.8 Å². The summed E-state index contributed by atoms with van der Waals surface area (Å²) in [4.78, 5) is 11.2. The summed E-state index contributed by atoms with van der Waals surface area (Å²) in [6, 6.07) is 12.2. The predicted octanol–water partition coefficient (Wildman–Crippen LogP) is 6.31. The van der Waals surface area contributed by atoms with Gasteiger partial charge in [-0.25, -0.2) is 12.8 Å². The third kappa shape index (κ3) is 5.71. The van der Waals surface area contributed by atoms with Gasteiger partial charge in [0.15, 0.2) is 0 Å². The number of anilines is 1. The summed E-state index contributed by atoms with van der Waals surface area (Å²) in [6.07, 6.45) is -2.78. The molecular formula is C27H23ClF4N2O3S. The van der Waals surface area contributed by atoms with Crippen molar-refractivity contribution in [2.45, 2.75) is 37.4 Å². The van der Waals surface area contributed by atoms with Crippen LogP contribution in [-0.4, -0.2) is 26.9 Å². The number of benzene rings is 3. The maximum atomic E-state index is 14.4. The van der Waals surface area contributed by atoms with Crippen LogP contribution in [-0.2, 0) is 27.4 Å². The van der Waals surface area contributed by atoms with E-state index in [1.165, 1.54) is 19.1 Å². The van der Waals surface area contributed by atoms with E-state index < -0.39 is 38.5 Å². The highest BCUT2D eigenvalue weighted by molar-refractivity contribution is 7.92. The van der Waals surface area contributed by atoms with E-state index in [9.17, 15) is 30.8 Å². The second-order valence-electron chi connectivity index (χ2n) is 8.98. The van der Waals surface area contributed by atoms with Crippen LogP contribution in [0, 0.1) is 5.82 Å². The first-order valence-corrected chi connectivity index (χ1v) is 13.3. The van der Waals surface area contributed by atoms with Gasteiger partial charge >= 0.3 is 6.18 Å². The topological polar surface area (TPSA) is 66.5 Å². The Morgan fingerprint density at radius 1 is 1.08 bits per heavy atom. The summed E-state index contributed by atoms with van der Waals surface area (Å²) in [6.45, 7) is 2.77. The van der Waals surface area contributed by atoms with E-state index in [4.69, 9.17) is 11.6 Å². The zero-order chi connectivity index (χ0) is 27.8. The van der Waals surface area contributed by atoms with E-state index in [0.29, 0.717) is 29.2 Å². The van der Waals surface area contributed by atoms with Gasteiger partial charge in [0.25, 0.3) is 10.0 Å². The van der Waals surface area contributed by atoms with Gasteiger partial charge in [-0.2, -0.15) is 13.2 Å². The van der Waals surface area contributed by atoms with Crippen LogP contribution in [0.25, 0.3) is 11.6 Å². The minimum absolute atomic E-state index is 0.184. The molecule has 3 aromatic rings. The molecule has 1 N–H and O–H groups in total. The quantitative estimate of drug-likeness (QED) is 0.290. The molecule has 0 bridgehead atoms. The minimum Gasteiger partial charge on any atom is -0.351 e. The minimum atomic E-state index is -4.73. The second-order valence-corrected chi connectivity index (χ2v) is 11.2. The average Bonchev–Trinajstić information content (AvgIpc) is 2.83. The van der Waals surface area contributed by atoms with Gasteiger partial charge in [-0.15, -0.1) is 0 Å². The third-order valence-electron chi connectivity index (χ3n) is 6.13. The van der Waals surface area contributed by atoms with Crippen molar-refractivity contribution in [1.82, 2.24) is 5.32 Å². The van der Waals surface area contributed by atoms with Crippen molar-refractivity contribution in [3.05, 3.63) is 93.8 Å². The van der Waals surface area contributed by atoms with E-state index in [0.717, 1.165) is 22.5 Å². The number of amides is 1. The molecule has 0 spiro atoms. The Balaban J connectivity index is 1.82. The van der Waals surface area contributed by atoms with E-state index in [1.54, 1.807) is 37.3 Å². The highest BCUT2D eigenvalue weighted by Gasteiger charge is 2.36. The van der Waals surface area contributed by atoms with E-state index in [-0.39, 0.29) is 28.7 Å². The molecule has 0 aliphatic carbocycles. The predicted molar refractivity (Wildman–Crippen MR) is 139 cm³/mol. The van der Waals surface area contributed by atoms with Crippen LogP contribution in [0.5, 0.6) is 0 Å². The molecule has 4 rings (SSSR count). The van der Waals surface area contributed by atoms with Crippen LogP contribution < -0.4 is 9.62 Å². The van der Waals surface area contributed by atoms with Crippen molar-refractivity contribution in [3.63, 3.8) is 0 Å². The number of rotatable bonds is 5. The lowest BCUT2D eigenvalue weighted by Crippen LogP contribution is -2.49. The summed E-state index contributed by atoms with van der Waals surface area (Å²) in [5.41, 5.74) is 0.957. The van der Waals surface area contributed by atoms with Gasteiger partial charge in [0.2, 0.25) is 5.91 Å². The molecule has 1 aliphatic heterocycles. The van der Waals surface area contributed by atoms with Crippen molar-refractivity contribution in [3.8, 4) is 0 Å². The molecule has 1 amide bonds. The fourth-order valence-corrected chi connectivity index (χ4v) is 6.37. The lowest BCUT2D eigenvalue weighted by Gasteiger charge is -2.35. The van der Waals surface area contributed by atoms with Gasteiger partial charge in [0.1, 0.15) is 5.82 Å². The molecule has 1 aliphatic rings. The number of fused-ring (bicyclic) bond motifs is 1. The molecule has 5 nitrogen and oxygen atoms in total. The zero-order valence-corrected chi connectivity index (χ0v) is 21.9. The normalized spacial score (nSPS) is 16.2. The summed E-state index contributed by atoms with van der Waals surface area (Å²) < 4.78 is 82.7. The number of nitrogens with one attached hydrogen (secondary N) is 1. The SMILES string of the molecule is CC(=O)N[C@H]1Cc2ccc(C=C(C)c3c(F)cccc3Cl)cc2N(S(=O)(=O)c2cccc(C(F)(F)F)c2)C1. The van der Waals surface area contributed by atoms with Crippen LogP contribution in [0.15, 0.2) is 65.6 Å². The standard InChI is InChI=1S/C27H23ClF4N2O3S/c1-16(26-23(28)7-4-8-24(26)29)11-18-9-10-19-13-21(33-17(2)35)15-34(25(19)12-18)38(36,37)22-6-3-5-20(14-22)27(30,31)32/h3-12,14,21H,13,15H2,1-2H3,(H,33,35)/t21-/m0/s1. The Morgan fingerprint density at radius 2 is 1.79 bits per heavy atom. The summed E-state index contributed by atoms with van der Waals surface area (Å²) in [5.74, 6) is -0.886. The van der Waals surface area contributed by atoms with Gasteiger partial charge in [-0.3, -0.25) is 9.10 Å². The first-order chi connectivity index (χ1) is 17.8. The molecule has 0 aromatic heterocycles. The van der Waals surface area contributed by atoms with Crippen LogP contribution in [0.1, 0.15) is 36.1 Å². The fraction of sp³-hybridized carbons (Fsp3) is 0.222. The molecular weight excluding hydrogens is 544 g/mol. The Labute approximate surface area is 222 Å². The molecule has 0 unspecified atom stereocenters. The highest BCUT2D eigenvalue weighted by atomic mass is 35.5. The van der Waals surface area contributed by atoms with Crippen molar-refractivity contribution >= 4 is 44.9 Å². The highest BCUT2D eigenvalue weighted by Crippen LogP contribution is 2.36. The Hall–Kier alpha value is -3.37. The maximum absolute atomic E-state index is 14.4. The van der Waals surface area contributed by atoms with E-state index in [2.05, 4.69) is 5.32 Å². The number of carbonyl (C=O) groups excluding carboxylic acids is 1. The first kappa shape index (κ1) is 27.7. The molecule has 0 fully saturated rings. The molecule has 38 heavy (non-hydrogen) atoms. The summed E-state index contributed by atoms with van der Waals surface area (Å²) >= 11 is 6.18. The van der Waals surface area contributed by atoms with E-state index in [1.807, 2.05) is 0 Å². The molecule has 0 radical (unpaired) electrons. The average molecular weight is 567 g/mol. The smallest absolute Gasteiger partial charge is 0.351 e. The molecule has 3 aromatic carbocycles. The zero-order valence-electron chi connectivity index (χ0n) is 20.3. The van der Waals surface area contributed by atoms with Gasteiger partial charge in [0, 0.05) is 12.5 Å². The fourth-order valence-electron chi connectivity index (χ4n) is 4.47. The lowest BCUT2D eigenvalue weighted by molar-refractivity contribution is -0.137. The van der Waals surface area contributed by atoms with Crippen LogP contribution in [0.4, 0.5) is 23.2 Å². The van der Waals surface area contributed by atoms with Crippen molar-refractivity contribution in [2.75, 3.05) is 10.8 Å². The summed E-state index contributed by atoms with van der Waals surface area (Å²) in [7, 11) is -4.46. The van der Waals surface area contributed by atoms with E-state index >= 15 is 0 Å². The Kier molecular flexibility index (Phi) is 7.58. The van der Waals surface area contributed by atoms with Crippen LogP contribution in [0.3, 0.4) is 0 Å². The van der Waals surface area contributed by atoms with Gasteiger partial charge < -0.3 is 5.32 Å². The summed E-state index contributed by atoms with van der Waals surface area (Å²) in [5, 5.41) is 2.91. The Bertz CT molecular complexity index is 1520. The Morgan fingerprint density at radius 3 is 2.45 bits per heavy atom. The number of sulfonamides is 1. The number of nitrogens with zero attached hydrogens (tertiary/aromatic N) is 1. The van der Waals surface area contributed by atoms with Gasteiger partial charge in [-0.1, -0.05) is 41.9 Å². The largest absolute Gasteiger partial charge is 0.416 e. The second kappa shape index (κ2) is 10.4. The van der Waals surface area contributed by atoms with Crippen molar-refractivity contribution in [2.24, 2.45) is 0 Å². The number of carbonyl (C=O) groups is 1. The third-order valence-corrected chi connectivity index (χ3v) is 8.22. The number of hydrogen-bond acceptors (Lipinski definition) is 3. The number of allylic oxidation sites excluding steroid dienone is 1. The molecule has 1 atom stereocenters. The van der Waals surface area contributed by atoms with Gasteiger partial charge in [0.05, 0.1) is 33.8 Å². The number of alkyl halides is 3. The van der Waals surface area contributed by atoms with Crippen LogP contribution in [0.2, 0.25) is 5.02 Å². The lowest BCUT2D eigenvalue weighted by atomic mass is 9.96. The monoisotopic (exact) mass is 566 g/mol. The molecule has 0 saturated carbocycles. The first-order valence-electron chi connectivity index (χ1n) is 11.5. The van der Waals surface area contributed by atoms with Crippen LogP contribution >= 0.6 is 11.6 Å². The molecule has 0 saturated heterocycles. The maximum Gasteiger partial charge on any atom is 0.416 e. The van der Waals surface area contributed by atoms with Gasteiger partial charge in [-0.05, 0) is 66.4 Å². The molecule has 200 valence electrons. The molecule has 11 heteroatoms. The molecule has 1 heterocycles.